The van der Waals surface area contributed by atoms with E-state index >= 15 is 0 Å². The van der Waals surface area contributed by atoms with Gasteiger partial charge in [-0.05, 0) is 216 Å². The number of ether oxygens (including phenoxy) is 4. The first kappa shape index (κ1) is 93.9. The summed E-state index contributed by atoms with van der Waals surface area (Å²) in [7, 11) is 3.24. The van der Waals surface area contributed by atoms with Gasteiger partial charge in [-0.1, -0.05) is 211 Å². The van der Waals surface area contributed by atoms with Crippen molar-refractivity contribution in [3.05, 3.63) is 414 Å². The average Bonchev–Trinajstić information content (AvgIpc) is 1.58. The Hall–Kier alpha value is -11.1. The highest BCUT2D eigenvalue weighted by atomic mass is 79.9. The van der Waals surface area contributed by atoms with Crippen LogP contribution in [0.4, 0.5) is 0 Å². The van der Waals surface area contributed by atoms with E-state index in [0.29, 0.717) is 44.5 Å². The van der Waals surface area contributed by atoms with E-state index in [4.69, 9.17) is 74.2 Å². The maximum absolute atomic E-state index is 13.0. The van der Waals surface area contributed by atoms with Gasteiger partial charge in [0, 0.05) is 196 Å². The van der Waals surface area contributed by atoms with E-state index in [0.717, 1.165) is 156 Å². The fraction of sp³-hybridized carbons (Fsp3) is 0.245. The number of benzene rings is 10. The van der Waals surface area contributed by atoms with Gasteiger partial charge in [0.05, 0.1) is 63.3 Å². The molecule has 2 amide bonds. The molecule has 0 spiro atoms. The van der Waals surface area contributed by atoms with Crippen LogP contribution in [-0.2, 0) is 80.3 Å². The molecule has 5 unspecified atom stereocenters. The lowest BCUT2D eigenvalue weighted by Crippen LogP contribution is -2.42. The second kappa shape index (κ2) is 43.3. The topological polar surface area (TPSA) is 205 Å². The lowest BCUT2D eigenvalue weighted by molar-refractivity contribution is -0.139. The number of methoxy groups -OCH3 is 2. The zero-order valence-corrected chi connectivity index (χ0v) is 82.5. The largest absolute Gasteiger partial charge is 0.472 e. The molecule has 0 saturated carbocycles. The van der Waals surface area contributed by atoms with Crippen molar-refractivity contribution >= 4 is 156 Å². The van der Waals surface area contributed by atoms with Gasteiger partial charge >= 0.3 is 0 Å². The maximum Gasteiger partial charge on any atom is 0.249 e. The molecular weight excluding hydrogens is 1940 g/mol. The van der Waals surface area contributed by atoms with Crippen LogP contribution in [0.25, 0.3) is 54.5 Å². The van der Waals surface area contributed by atoms with Crippen molar-refractivity contribution in [2.45, 2.75) is 88.9 Å². The molecule has 5 aliphatic heterocycles. The minimum absolute atomic E-state index is 0.00263. The van der Waals surface area contributed by atoms with Crippen LogP contribution in [0.5, 0.6) is 0 Å². The van der Waals surface area contributed by atoms with Gasteiger partial charge in [0.2, 0.25) is 11.8 Å². The minimum atomic E-state index is -0.234. The molecule has 26 heteroatoms. The smallest absolute Gasteiger partial charge is 0.249 e. The Bertz CT molecular complexity index is 6730. The molecule has 5 aliphatic rings. The number of aryl methyl sites for hydroxylation is 1. The van der Waals surface area contributed by atoms with Crippen molar-refractivity contribution in [2.24, 2.45) is 0 Å². The highest BCUT2D eigenvalue weighted by Gasteiger charge is 2.40. The molecule has 0 radical (unpaired) electrons. The van der Waals surface area contributed by atoms with Gasteiger partial charge in [-0.25, -0.2) is 4.98 Å². The monoisotopic (exact) mass is 2040 g/mol. The summed E-state index contributed by atoms with van der Waals surface area (Å²) < 4.78 is 34.4. The number of rotatable bonds is 21. The van der Waals surface area contributed by atoms with Crippen molar-refractivity contribution in [3.63, 3.8) is 0 Å². The lowest BCUT2D eigenvalue weighted by Gasteiger charge is -2.36. The first-order valence-electron chi connectivity index (χ1n) is 45.9. The number of nitrogens with zero attached hydrogens (tertiary/aromatic N) is 6. The van der Waals surface area contributed by atoms with E-state index < -0.39 is 0 Å². The zero-order valence-electron chi connectivity index (χ0n) is 75.5. The molecule has 0 bridgehead atoms. The molecule has 0 aliphatic carbocycles. The number of carbonyl (C=O) groups excluding carboxylic acids is 2. The quantitative estimate of drug-likeness (QED) is 0.0426. The first-order chi connectivity index (χ1) is 66.5. The summed E-state index contributed by atoms with van der Waals surface area (Å²) in [5.74, 6) is 0.924. The van der Waals surface area contributed by atoms with Crippen LogP contribution < -0.4 is 0 Å². The molecule has 10 aromatic carbocycles. The number of fused-ring (bicyclic) bond motifs is 15. The second-order valence-electron chi connectivity index (χ2n) is 34.8. The second-order valence-corrected chi connectivity index (χ2v) is 39.3. The van der Waals surface area contributed by atoms with Crippen LogP contribution in [0.2, 0.25) is 20.1 Å². The third kappa shape index (κ3) is 20.8. The molecular formula is C110H103Br2Cl4N11O8S. The molecule has 13 heterocycles. The summed E-state index contributed by atoms with van der Waals surface area (Å²) in [5, 5.41) is 12.3. The summed E-state index contributed by atoms with van der Waals surface area (Å²) in [6, 6.07) is 84.9. The van der Waals surface area contributed by atoms with Gasteiger partial charge in [-0.15, -0.1) is 11.3 Å². The number of hydrogen-bond donors (Lipinski definition) is 5. The fourth-order valence-electron chi connectivity index (χ4n) is 20.1. The van der Waals surface area contributed by atoms with Crippen molar-refractivity contribution in [2.75, 3.05) is 86.6 Å². The van der Waals surface area contributed by atoms with Crippen LogP contribution in [0.3, 0.4) is 0 Å². The van der Waals surface area contributed by atoms with Crippen molar-refractivity contribution < 1.29 is 37.4 Å². The van der Waals surface area contributed by atoms with E-state index in [2.05, 4.69) is 277 Å². The Kier molecular flexibility index (Phi) is 29.9. The Morgan fingerprint density at radius 2 is 0.816 bits per heavy atom. The number of carbonyl (C=O) groups is 2. The Morgan fingerprint density at radius 3 is 1.24 bits per heavy atom. The standard InChI is InChI=1S/C23H25BrN2O3.C22H22BrClN2O3.2C22H19ClN2O.C21H18ClN3S/c1-15-3-5-16(6-4-15)23-22-18(19-13-17(24)7-8-20(19)25-22)9-10-26(23)21(27)14-29-12-11-28-2;1-28-9-10-29-13-20(27)26-8-7-17-18-12-15(23)5-6-19(18)25-21(17)22(26)14-3-2-4-16(24)11-14;23-16-8-9-19-18(13-16)17-10-11-25(14-15-5-2-1-3-6-15)22(21(17)24-19)20-7-4-12-26-20;23-17-6-7-20-19(12-17)18-8-10-25(13-15-4-2-1-3-5-15)22(21(18)24-20)16-9-11-26-14-16;22-15-6-7-18-17(12-15)16-8-10-25(13-14-4-2-1-3-5-14)20(19(16)24-18)21-23-9-11-26-21/h3-8,13,23,25H,9-12,14H2,1-2H3;2-6,11-12,22,25H,7-10,13H2,1H3;1-9,12-13,22,24H,10-11,14H2;1-7,9,11-12,14,22,24H,8,10,13H2;1-7,9,11-12,20,24H,8,10,13H2. The fourth-order valence-corrected chi connectivity index (χ4v) is 22.3. The summed E-state index contributed by atoms with van der Waals surface area (Å²) in [5.41, 5.74) is 26.6. The van der Waals surface area contributed by atoms with Crippen LogP contribution >= 0.6 is 89.6 Å². The van der Waals surface area contributed by atoms with E-state index in [1.807, 2.05) is 82.9 Å². The van der Waals surface area contributed by atoms with Gasteiger partial charge in [0.25, 0.3) is 0 Å². The highest BCUT2D eigenvalue weighted by Crippen LogP contribution is 2.47. The van der Waals surface area contributed by atoms with Crippen LogP contribution in [0, 0.1) is 6.92 Å². The van der Waals surface area contributed by atoms with Crippen LogP contribution in [0.15, 0.2) is 297 Å². The summed E-state index contributed by atoms with van der Waals surface area (Å²) in [6.07, 6.45) is 11.9. The number of furan rings is 2. The van der Waals surface area contributed by atoms with E-state index in [1.54, 1.807) is 38.1 Å². The maximum atomic E-state index is 13.0. The molecule has 19 nitrogen and oxygen atoms in total. The van der Waals surface area contributed by atoms with Gasteiger partial charge in [0.1, 0.15) is 36.1 Å². The summed E-state index contributed by atoms with van der Waals surface area (Å²) in [4.78, 5) is 60.1. The molecule has 5 N–H and O–H groups in total. The van der Waals surface area contributed by atoms with Crippen LogP contribution in [-0.4, -0.2) is 153 Å². The number of hydrogen-bond acceptors (Lipinski definition) is 13. The van der Waals surface area contributed by atoms with Crippen LogP contribution in [0.1, 0.15) is 136 Å². The third-order valence-electron chi connectivity index (χ3n) is 26.3. The highest BCUT2D eigenvalue weighted by molar-refractivity contribution is 9.10. The molecule has 8 aromatic heterocycles. The average molecular weight is 2040 g/mol. The molecule has 5 atom stereocenters. The minimum Gasteiger partial charge on any atom is -0.472 e. The molecule has 18 aromatic rings. The number of halogens is 6. The third-order valence-corrected chi connectivity index (χ3v) is 29.1. The SMILES string of the molecule is COCCOCC(=O)N1CCc2c([nH]c3ccc(Br)cc23)C1c1ccc(C)cc1.COCCOCC(=O)N1CCc2c([nH]c3ccc(Br)cc23)C1c1cccc(Cl)c1.Clc1ccc2[nH]c3c(c2c1)CCN(Cc1ccccc1)C3c1ccco1.Clc1ccc2[nH]c3c(c2c1)CCN(Cc1ccccc1)C3c1ccoc1.Clc1ccc2[nH]c3c(c2c1)CCN(Cc1ccccc1)C3c1nccs1. The predicted molar refractivity (Wildman–Crippen MR) is 551 cm³/mol. The number of thiazole rings is 1. The van der Waals surface area contributed by atoms with Gasteiger partial charge in [-0.3, -0.25) is 24.3 Å². The first-order valence-corrected chi connectivity index (χ1v) is 49.9. The predicted octanol–water partition coefficient (Wildman–Crippen LogP) is 25.6. The number of aromatic nitrogens is 6. The lowest BCUT2D eigenvalue weighted by atomic mass is 9.92. The number of aromatic amines is 5. The van der Waals surface area contributed by atoms with Crippen molar-refractivity contribution in [1.29, 1.82) is 0 Å². The molecule has 694 valence electrons. The number of H-pyrrole nitrogens is 5. The molecule has 136 heavy (non-hydrogen) atoms. The van der Waals surface area contributed by atoms with Gasteiger partial charge in [0.15, 0.2) is 0 Å². The molecule has 0 saturated heterocycles. The van der Waals surface area contributed by atoms with E-state index in [1.165, 1.54) is 99.6 Å². The van der Waals surface area contributed by atoms with E-state index in [9.17, 15) is 9.59 Å². The van der Waals surface area contributed by atoms with E-state index in [-0.39, 0.29) is 55.2 Å². The Balaban J connectivity index is 0.000000109. The summed E-state index contributed by atoms with van der Waals surface area (Å²) in [6.45, 7) is 10.9. The Morgan fingerprint density at radius 1 is 0.404 bits per heavy atom. The summed E-state index contributed by atoms with van der Waals surface area (Å²) >= 11 is 33.9. The molecule has 0 fully saturated rings. The normalized spacial score (nSPS) is 17.0. The molecule has 23 rings (SSSR count). The number of amides is 2. The van der Waals surface area contributed by atoms with Gasteiger partial charge < -0.3 is 62.5 Å². The number of nitrogens with one attached hydrogen (secondary N) is 5. The Labute approximate surface area is 830 Å². The zero-order chi connectivity index (χ0) is 93.3. The van der Waals surface area contributed by atoms with Gasteiger partial charge in [-0.2, -0.15) is 0 Å². The van der Waals surface area contributed by atoms with Crippen molar-refractivity contribution in [1.82, 2.24) is 54.4 Å². The van der Waals surface area contributed by atoms with Crippen molar-refractivity contribution in [3.8, 4) is 0 Å².